The molecule has 0 aliphatic carbocycles. The van der Waals surface area contributed by atoms with Gasteiger partial charge in [-0.05, 0) is 37.5 Å². The molecule has 4 rings (SSSR count). The van der Waals surface area contributed by atoms with Crippen molar-refractivity contribution in [1.82, 2.24) is 19.1 Å². The van der Waals surface area contributed by atoms with Gasteiger partial charge in [0.05, 0.1) is 18.9 Å². The summed E-state index contributed by atoms with van der Waals surface area (Å²) < 4.78 is 27.5. The number of rotatable bonds is 4. The molecule has 2 aromatic heterocycles. The molecule has 0 saturated carbocycles. The molecule has 10 heteroatoms. The number of carbonyl (C=O) groups is 1. The van der Waals surface area contributed by atoms with E-state index in [0.717, 1.165) is 12.8 Å². The lowest BCUT2D eigenvalue weighted by Gasteiger charge is -2.22. The lowest BCUT2D eigenvalue weighted by atomic mass is 10.1. The van der Waals surface area contributed by atoms with Gasteiger partial charge in [-0.3, -0.25) is 9.13 Å². The van der Waals surface area contributed by atoms with Crippen LogP contribution in [0.5, 0.6) is 0 Å². The van der Waals surface area contributed by atoms with Gasteiger partial charge in [-0.1, -0.05) is 13.8 Å². The third-order valence-corrected chi connectivity index (χ3v) is 5.35. The van der Waals surface area contributed by atoms with E-state index < -0.39 is 11.8 Å². The van der Waals surface area contributed by atoms with Crippen LogP contribution in [0.4, 0.5) is 16.0 Å². The van der Waals surface area contributed by atoms with Gasteiger partial charge >= 0.3 is 11.7 Å². The quantitative estimate of drug-likeness (QED) is 0.614. The highest BCUT2D eigenvalue weighted by molar-refractivity contribution is 5.90. The van der Waals surface area contributed by atoms with Gasteiger partial charge in [0.2, 0.25) is 5.95 Å². The van der Waals surface area contributed by atoms with E-state index in [9.17, 15) is 14.0 Å². The SMILES string of the molecule is CC.COC(=O)c1cc(C)c(Nc2ncc3c(n2)n(C2CCOCC2)c(=O)n3C)cc1F. The molecule has 1 aromatic carbocycles. The second-order valence-electron chi connectivity index (χ2n) is 7.22. The second kappa shape index (κ2) is 9.90. The summed E-state index contributed by atoms with van der Waals surface area (Å²) in [5.41, 5.74) is 1.85. The zero-order valence-corrected chi connectivity index (χ0v) is 18.9. The number of nitrogens with zero attached hydrogens (tertiary/aromatic N) is 4. The fourth-order valence-electron chi connectivity index (χ4n) is 3.67. The van der Waals surface area contributed by atoms with Crippen molar-refractivity contribution in [3.8, 4) is 0 Å². The largest absolute Gasteiger partial charge is 0.465 e. The average molecular weight is 445 g/mol. The highest BCUT2D eigenvalue weighted by Gasteiger charge is 2.23. The molecule has 3 aromatic rings. The van der Waals surface area contributed by atoms with Gasteiger partial charge in [0, 0.05) is 32.0 Å². The number of hydrogen-bond acceptors (Lipinski definition) is 7. The van der Waals surface area contributed by atoms with Crippen LogP contribution in [0.1, 0.15) is 48.7 Å². The van der Waals surface area contributed by atoms with Gasteiger partial charge in [0.25, 0.3) is 0 Å². The van der Waals surface area contributed by atoms with Gasteiger partial charge in [-0.25, -0.2) is 19.0 Å². The first-order valence-corrected chi connectivity index (χ1v) is 10.6. The Balaban J connectivity index is 0.00000141. The summed E-state index contributed by atoms with van der Waals surface area (Å²) >= 11 is 0. The molecule has 1 saturated heterocycles. The number of aryl methyl sites for hydroxylation is 2. The number of aromatic nitrogens is 4. The van der Waals surface area contributed by atoms with Crippen molar-refractivity contribution in [1.29, 1.82) is 0 Å². The molecule has 9 nitrogen and oxygen atoms in total. The van der Waals surface area contributed by atoms with Crippen molar-refractivity contribution in [2.45, 2.75) is 39.7 Å². The molecular weight excluding hydrogens is 417 g/mol. The van der Waals surface area contributed by atoms with Gasteiger partial charge in [-0.2, -0.15) is 4.98 Å². The summed E-state index contributed by atoms with van der Waals surface area (Å²) in [6, 6.07) is 2.60. The van der Waals surface area contributed by atoms with E-state index in [1.54, 1.807) is 24.7 Å². The number of carbonyl (C=O) groups excluding carboxylic acids is 1. The van der Waals surface area contributed by atoms with Gasteiger partial charge < -0.3 is 14.8 Å². The molecule has 0 radical (unpaired) electrons. The molecule has 3 heterocycles. The molecule has 0 spiro atoms. The Hall–Kier alpha value is -3.27. The van der Waals surface area contributed by atoms with Gasteiger partial charge in [0.1, 0.15) is 11.3 Å². The summed E-state index contributed by atoms with van der Waals surface area (Å²) in [6.07, 6.45) is 3.02. The van der Waals surface area contributed by atoms with Crippen LogP contribution in [0.25, 0.3) is 11.2 Å². The van der Waals surface area contributed by atoms with E-state index in [4.69, 9.17) is 4.74 Å². The Kier molecular flexibility index (Phi) is 7.24. The number of halogens is 1. The number of nitrogens with one attached hydrogen (secondary N) is 1. The van der Waals surface area contributed by atoms with E-state index in [1.807, 2.05) is 13.8 Å². The monoisotopic (exact) mass is 445 g/mol. The summed E-state index contributed by atoms with van der Waals surface area (Å²) in [7, 11) is 2.88. The molecule has 1 fully saturated rings. The van der Waals surface area contributed by atoms with Crippen molar-refractivity contribution in [3.05, 3.63) is 45.8 Å². The van der Waals surface area contributed by atoms with E-state index >= 15 is 0 Å². The van der Waals surface area contributed by atoms with E-state index in [0.29, 0.717) is 35.6 Å². The molecule has 32 heavy (non-hydrogen) atoms. The van der Waals surface area contributed by atoms with Crippen LogP contribution in [0.2, 0.25) is 0 Å². The predicted molar refractivity (Wildman–Crippen MR) is 119 cm³/mol. The molecule has 1 aliphatic rings. The first-order chi connectivity index (χ1) is 15.4. The molecule has 0 atom stereocenters. The van der Waals surface area contributed by atoms with Crippen molar-refractivity contribution >= 4 is 28.8 Å². The fraction of sp³-hybridized carbons (Fsp3) is 0.455. The molecule has 172 valence electrons. The Morgan fingerprint density at radius 2 is 1.97 bits per heavy atom. The number of hydrogen-bond donors (Lipinski definition) is 1. The maximum absolute atomic E-state index is 14.3. The molecule has 0 bridgehead atoms. The summed E-state index contributed by atoms with van der Waals surface area (Å²) in [4.78, 5) is 33.3. The molecule has 0 amide bonds. The van der Waals surface area contributed by atoms with Crippen molar-refractivity contribution in [2.75, 3.05) is 25.6 Å². The number of benzene rings is 1. The average Bonchev–Trinajstić information content (AvgIpc) is 3.06. The summed E-state index contributed by atoms with van der Waals surface area (Å²) in [5, 5.41) is 2.98. The van der Waals surface area contributed by atoms with E-state index in [-0.39, 0.29) is 23.2 Å². The summed E-state index contributed by atoms with van der Waals surface area (Å²) in [5.74, 6) is -1.23. The molecule has 1 N–H and O–H groups in total. The van der Waals surface area contributed by atoms with Gasteiger partial charge in [0.15, 0.2) is 5.65 Å². The highest BCUT2D eigenvalue weighted by atomic mass is 19.1. The van der Waals surface area contributed by atoms with Crippen LogP contribution >= 0.6 is 0 Å². The maximum Gasteiger partial charge on any atom is 0.340 e. The second-order valence-corrected chi connectivity index (χ2v) is 7.22. The topological polar surface area (TPSA) is 100 Å². The van der Waals surface area contributed by atoms with E-state index in [2.05, 4.69) is 20.0 Å². The minimum absolute atomic E-state index is 0.00350. The zero-order valence-electron chi connectivity index (χ0n) is 18.9. The van der Waals surface area contributed by atoms with Crippen LogP contribution in [-0.4, -0.2) is 45.4 Å². The zero-order chi connectivity index (χ0) is 23.4. The van der Waals surface area contributed by atoms with Crippen molar-refractivity contribution in [3.63, 3.8) is 0 Å². The normalized spacial score (nSPS) is 14.1. The maximum atomic E-state index is 14.3. The van der Waals surface area contributed by atoms with Crippen molar-refractivity contribution < 1.29 is 18.7 Å². The first-order valence-electron chi connectivity index (χ1n) is 10.6. The fourth-order valence-corrected chi connectivity index (χ4v) is 3.67. The van der Waals surface area contributed by atoms with Crippen LogP contribution in [0.3, 0.4) is 0 Å². The lowest BCUT2D eigenvalue weighted by Crippen LogP contribution is -2.30. The molecule has 1 aliphatic heterocycles. The third kappa shape index (κ3) is 4.36. The minimum atomic E-state index is -0.746. The number of anilines is 2. The third-order valence-electron chi connectivity index (χ3n) is 5.35. The van der Waals surface area contributed by atoms with Crippen LogP contribution in [0.15, 0.2) is 23.1 Å². The van der Waals surface area contributed by atoms with Gasteiger partial charge in [-0.15, -0.1) is 0 Å². The van der Waals surface area contributed by atoms with Crippen LogP contribution < -0.4 is 11.0 Å². The van der Waals surface area contributed by atoms with Crippen LogP contribution in [-0.2, 0) is 16.5 Å². The van der Waals surface area contributed by atoms with E-state index in [1.165, 1.54) is 23.8 Å². The number of imidazole rings is 1. The lowest BCUT2D eigenvalue weighted by molar-refractivity contribution is 0.0595. The Morgan fingerprint density at radius 3 is 2.62 bits per heavy atom. The minimum Gasteiger partial charge on any atom is -0.465 e. The molecular formula is C22H28FN5O4. The Bertz CT molecular complexity index is 1180. The first kappa shape index (κ1) is 23.4. The standard InChI is InChI=1S/C20H22FN5O4.C2H6/c1-11-8-13(18(27)29-3)14(21)9-15(11)23-19-22-10-16-17(24-19)26(20(28)25(16)2)12-4-6-30-7-5-12;1-2/h8-10,12H,4-7H2,1-3H3,(H,22,23,24);1-2H3. The van der Waals surface area contributed by atoms with Crippen molar-refractivity contribution in [2.24, 2.45) is 7.05 Å². The number of methoxy groups -OCH3 is 1. The smallest absolute Gasteiger partial charge is 0.340 e. The highest BCUT2D eigenvalue weighted by Crippen LogP contribution is 2.26. The number of esters is 1. The van der Waals surface area contributed by atoms with Crippen LogP contribution in [0, 0.1) is 12.7 Å². The Morgan fingerprint density at radius 1 is 1.28 bits per heavy atom. The molecule has 0 unspecified atom stereocenters. The number of fused-ring (bicyclic) bond motifs is 1. The summed E-state index contributed by atoms with van der Waals surface area (Å²) in [6.45, 7) is 6.91. The number of ether oxygens (including phenoxy) is 2. The predicted octanol–water partition coefficient (Wildman–Crippen LogP) is 3.49. The Labute approximate surface area is 185 Å².